The summed E-state index contributed by atoms with van der Waals surface area (Å²) in [4.78, 5) is 20.7. The molecule has 41 heavy (non-hydrogen) atoms. The second-order valence-corrected chi connectivity index (χ2v) is 10.8. The summed E-state index contributed by atoms with van der Waals surface area (Å²) in [6.07, 6.45) is 6.03. The van der Waals surface area contributed by atoms with E-state index in [1.165, 1.54) is 23.3 Å². The number of unbranched alkanes of at least 4 members (excludes halogenated alkanes) is 1. The van der Waals surface area contributed by atoms with Crippen LogP contribution in [0.4, 0.5) is 10.3 Å². The normalized spacial score (nSPS) is 14.4. The Labute approximate surface area is 264 Å². The van der Waals surface area contributed by atoms with E-state index in [0.717, 1.165) is 93.8 Å². The second kappa shape index (κ2) is 15.5. The fourth-order valence-electron chi connectivity index (χ4n) is 5.62. The second-order valence-electron chi connectivity index (χ2n) is 10.8. The van der Waals surface area contributed by atoms with Crippen LogP contribution < -0.4 is 34.5 Å². The van der Waals surface area contributed by atoms with Gasteiger partial charge in [0.25, 0.3) is 0 Å². The molecule has 3 aromatic carbocycles. The van der Waals surface area contributed by atoms with Crippen molar-refractivity contribution in [1.29, 1.82) is 0 Å². The first-order chi connectivity index (χ1) is 19.5. The van der Waals surface area contributed by atoms with Gasteiger partial charge in [-0.3, -0.25) is 4.79 Å². The molecule has 1 aromatic heterocycles. The van der Waals surface area contributed by atoms with E-state index < -0.39 is 5.97 Å². The van der Waals surface area contributed by atoms with Crippen LogP contribution in [0.3, 0.4) is 0 Å². The van der Waals surface area contributed by atoms with E-state index in [9.17, 15) is 9.18 Å². The average Bonchev–Trinajstić information content (AvgIpc) is 3.30. The number of aryl methyl sites for hydroxylation is 1. The molecule has 8 heteroatoms. The number of hydrogen-bond donors (Lipinski definition) is 1. The first kappa shape index (κ1) is 31.2. The van der Waals surface area contributed by atoms with Crippen molar-refractivity contribution in [3.05, 3.63) is 95.3 Å². The van der Waals surface area contributed by atoms with Gasteiger partial charge >= 0.3 is 35.5 Å². The summed E-state index contributed by atoms with van der Waals surface area (Å²) in [5.74, 6) is 0.0748. The van der Waals surface area contributed by atoms with Crippen molar-refractivity contribution in [1.82, 2.24) is 14.5 Å². The molecule has 0 radical (unpaired) electrons. The van der Waals surface area contributed by atoms with Crippen LogP contribution in [-0.4, -0.2) is 58.3 Å². The van der Waals surface area contributed by atoms with Gasteiger partial charge in [-0.25, -0.2) is 9.37 Å². The molecule has 5 rings (SSSR count). The van der Waals surface area contributed by atoms with Crippen molar-refractivity contribution >= 4 is 23.0 Å². The molecular weight excluding hydrogens is 526 g/mol. The van der Waals surface area contributed by atoms with Gasteiger partial charge in [-0.15, -0.1) is 0 Å². The third-order valence-corrected chi connectivity index (χ3v) is 7.82. The maximum Gasteiger partial charge on any atom is 1.00 e. The molecule has 0 aliphatic carbocycles. The van der Waals surface area contributed by atoms with Crippen LogP contribution in [0.15, 0.2) is 72.8 Å². The molecule has 210 valence electrons. The maximum atomic E-state index is 13.5. The number of para-hydroxylation sites is 2. The molecular formula is C33H39FN4NaO2+. The third-order valence-electron chi connectivity index (χ3n) is 7.82. The topological polar surface area (TPSA) is 61.6 Å². The summed E-state index contributed by atoms with van der Waals surface area (Å²) in [6.45, 7) is 5.77. The fraction of sp³-hybridized carbons (Fsp3) is 0.394. The van der Waals surface area contributed by atoms with E-state index >= 15 is 0 Å². The van der Waals surface area contributed by atoms with Gasteiger partial charge in [0.2, 0.25) is 5.95 Å². The Balaban J connectivity index is 0.00000387. The molecule has 1 aliphatic heterocycles. The predicted molar refractivity (Wildman–Crippen MR) is 158 cm³/mol. The van der Waals surface area contributed by atoms with Gasteiger partial charge in [0, 0.05) is 26.1 Å². The van der Waals surface area contributed by atoms with Crippen molar-refractivity contribution in [2.24, 2.45) is 0 Å². The van der Waals surface area contributed by atoms with Crippen molar-refractivity contribution in [3.63, 3.8) is 0 Å². The number of benzene rings is 3. The minimum absolute atomic E-state index is 0. The zero-order valence-electron chi connectivity index (χ0n) is 24.1. The average molecular weight is 566 g/mol. The van der Waals surface area contributed by atoms with Gasteiger partial charge in [-0.1, -0.05) is 48.5 Å². The smallest absolute Gasteiger partial charge is 0.481 e. The van der Waals surface area contributed by atoms with Crippen LogP contribution in [0.25, 0.3) is 11.0 Å². The number of carboxylic acids is 1. The van der Waals surface area contributed by atoms with E-state index in [1.54, 1.807) is 0 Å². The number of halogens is 1. The summed E-state index contributed by atoms with van der Waals surface area (Å²) in [6, 6.07) is 23.9. The standard InChI is InChI=1S/C33H39FN4O2.Na/c34-29-17-15-28(16-18-29)25-38-31-9-3-2-8-30(31)35-33(38)37-22-5-20-36(21-6-23-37)24-19-27-13-11-26(12-14-27)7-1-4-10-32(39)40;/h2-3,8-9,11-18H,1,4-7,10,19-25H2,(H,39,40);/q;+1. The fourth-order valence-corrected chi connectivity index (χ4v) is 5.62. The van der Waals surface area contributed by atoms with Crippen LogP contribution in [0.1, 0.15) is 48.8 Å². The van der Waals surface area contributed by atoms with Gasteiger partial charge in [0.05, 0.1) is 17.6 Å². The Hall–Kier alpha value is -2.71. The van der Waals surface area contributed by atoms with Gasteiger partial charge in [0.15, 0.2) is 0 Å². The van der Waals surface area contributed by atoms with Crippen molar-refractivity contribution < 1.29 is 43.8 Å². The number of nitrogens with zero attached hydrogens (tertiary/aromatic N) is 4. The number of imidazole rings is 1. The molecule has 4 aromatic rings. The molecule has 0 unspecified atom stereocenters. The summed E-state index contributed by atoms with van der Waals surface area (Å²) < 4.78 is 15.8. The summed E-state index contributed by atoms with van der Waals surface area (Å²) in [5, 5.41) is 8.79. The summed E-state index contributed by atoms with van der Waals surface area (Å²) in [5.41, 5.74) is 5.81. The van der Waals surface area contributed by atoms with Crippen molar-refractivity contribution in [2.45, 2.75) is 51.5 Å². The number of aliphatic carboxylic acids is 1. The zero-order chi connectivity index (χ0) is 27.7. The minimum Gasteiger partial charge on any atom is -0.481 e. The maximum absolute atomic E-state index is 13.5. The van der Waals surface area contributed by atoms with Crippen molar-refractivity contribution in [2.75, 3.05) is 37.6 Å². The van der Waals surface area contributed by atoms with E-state index in [-0.39, 0.29) is 41.8 Å². The quantitative estimate of drug-likeness (QED) is 0.224. The molecule has 0 saturated carbocycles. The molecule has 6 nitrogen and oxygen atoms in total. The Morgan fingerprint density at radius 3 is 2.12 bits per heavy atom. The van der Waals surface area contributed by atoms with Gasteiger partial charge in [-0.2, -0.15) is 0 Å². The van der Waals surface area contributed by atoms with Gasteiger partial charge < -0.3 is 19.5 Å². The Morgan fingerprint density at radius 2 is 1.44 bits per heavy atom. The molecule has 0 spiro atoms. The molecule has 2 heterocycles. The van der Waals surface area contributed by atoms with Gasteiger partial charge in [-0.05, 0) is 92.6 Å². The molecule has 1 saturated heterocycles. The van der Waals surface area contributed by atoms with Crippen LogP contribution in [0.5, 0.6) is 0 Å². The van der Waals surface area contributed by atoms with E-state index in [4.69, 9.17) is 10.1 Å². The third kappa shape index (κ3) is 8.89. The number of carboxylic acid groups (broad SMARTS) is 1. The first-order valence-corrected chi connectivity index (χ1v) is 14.5. The molecule has 0 amide bonds. The number of anilines is 1. The molecule has 1 N–H and O–H groups in total. The monoisotopic (exact) mass is 565 g/mol. The van der Waals surface area contributed by atoms with Gasteiger partial charge in [0.1, 0.15) is 5.82 Å². The van der Waals surface area contributed by atoms with Crippen LogP contribution >= 0.6 is 0 Å². The Kier molecular flexibility index (Phi) is 11.8. The number of carbonyl (C=O) groups is 1. The summed E-state index contributed by atoms with van der Waals surface area (Å²) >= 11 is 0. The minimum atomic E-state index is -0.714. The SMILES string of the molecule is O=C(O)CCCCc1ccc(CCN2CCCN(c3nc4ccccc4n3Cc3ccc(F)cc3)CCC2)cc1.[Na+]. The van der Waals surface area contributed by atoms with Crippen LogP contribution in [0, 0.1) is 5.82 Å². The van der Waals surface area contributed by atoms with Crippen LogP contribution in [-0.2, 0) is 24.2 Å². The number of fused-ring (bicyclic) bond motifs is 1. The first-order valence-electron chi connectivity index (χ1n) is 14.5. The predicted octanol–water partition coefficient (Wildman–Crippen LogP) is 3.17. The Morgan fingerprint density at radius 1 is 0.805 bits per heavy atom. The number of aromatic nitrogens is 2. The largest absolute Gasteiger partial charge is 1.00 e. The van der Waals surface area contributed by atoms with Crippen LogP contribution in [0.2, 0.25) is 0 Å². The molecule has 1 fully saturated rings. The Bertz CT molecular complexity index is 1380. The van der Waals surface area contributed by atoms with E-state index in [2.05, 4.69) is 56.8 Å². The molecule has 1 aliphatic rings. The number of rotatable bonds is 11. The number of hydrogen-bond acceptors (Lipinski definition) is 4. The summed E-state index contributed by atoms with van der Waals surface area (Å²) in [7, 11) is 0. The van der Waals surface area contributed by atoms with E-state index in [1.807, 2.05) is 18.2 Å². The molecule has 0 bridgehead atoms. The zero-order valence-corrected chi connectivity index (χ0v) is 26.1. The molecule has 0 atom stereocenters. The van der Waals surface area contributed by atoms with Crippen molar-refractivity contribution in [3.8, 4) is 0 Å². The van der Waals surface area contributed by atoms with E-state index in [0.29, 0.717) is 6.54 Å².